The Kier molecular flexibility index (Phi) is 8.40. The van der Waals surface area contributed by atoms with Crippen LogP contribution in [-0.2, 0) is 4.79 Å². The average Bonchev–Trinajstić information content (AvgIpc) is 3.38. The van der Waals surface area contributed by atoms with Crippen LogP contribution in [0.25, 0.3) is 6.08 Å². The Labute approximate surface area is 249 Å². The van der Waals surface area contributed by atoms with Crippen LogP contribution in [0.5, 0.6) is 23.0 Å². The van der Waals surface area contributed by atoms with Crippen LogP contribution < -0.4 is 18.9 Å². The highest BCUT2D eigenvalue weighted by molar-refractivity contribution is 14.1. The standard InChI is InChI=1S/C29H25IN4O5S/c1-17-4-6-19(7-5-17)28-33-34-26(31)22(27(35)32-29(34)40-28)14-18-15-23(30)25(24(16-18)37-3)39-13-12-38-21-10-8-20(36-2)9-11-21/h4-11,14-16,31H,12-13H2,1-3H3/b22-14-,31-26?. The number of aliphatic imine (C=N–C) groups is 1. The van der Waals surface area contributed by atoms with E-state index in [0.29, 0.717) is 46.2 Å². The van der Waals surface area contributed by atoms with Gasteiger partial charge in [0.2, 0.25) is 5.17 Å². The van der Waals surface area contributed by atoms with Gasteiger partial charge in [0.1, 0.15) is 29.8 Å². The van der Waals surface area contributed by atoms with Gasteiger partial charge in [-0.15, -0.1) is 0 Å². The van der Waals surface area contributed by atoms with E-state index in [4.69, 9.17) is 24.4 Å². The number of hydrazone groups is 1. The number of benzene rings is 3. The Morgan fingerprint density at radius 3 is 2.38 bits per heavy atom. The molecule has 0 unspecified atom stereocenters. The number of amides is 1. The number of ether oxygens (including phenoxy) is 4. The number of carbonyl (C=O) groups excluding carboxylic acids is 1. The molecule has 2 aliphatic heterocycles. The van der Waals surface area contributed by atoms with E-state index in [9.17, 15) is 4.79 Å². The van der Waals surface area contributed by atoms with Gasteiger partial charge in [-0.3, -0.25) is 10.2 Å². The number of thioether (sulfide) groups is 1. The molecule has 1 amide bonds. The predicted octanol–water partition coefficient (Wildman–Crippen LogP) is 5.74. The third kappa shape index (κ3) is 5.99. The minimum absolute atomic E-state index is 0.0328. The zero-order chi connectivity index (χ0) is 28.2. The summed E-state index contributed by atoms with van der Waals surface area (Å²) in [5.74, 6) is 2.01. The molecule has 0 aliphatic carbocycles. The smallest absolute Gasteiger partial charge is 0.283 e. The monoisotopic (exact) mass is 668 g/mol. The molecular formula is C29H25IN4O5S. The normalized spacial score (nSPS) is 15.5. The van der Waals surface area contributed by atoms with E-state index >= 15 is 0 Å². The zero-order valence-electron chi connectivity index (χ0n) is 21.9. The molecule has 0 aromatic heterocycles. The van der Waals surface area contributed by atoms with Crippen molar-refractivity contribution in [3.63, 3.8) is 0 Å². The van der Waals surface area contributed by atoms with Gasteiger partial charge in [0.05, 0.1) is 23.4 Å². The summed E-state index contributed by atoms with van der Waals surface area (Å²) in [7, 11) is 3.17. The molecule has 9 nitrogen and oxygen atoms in total. The van der Waals surface area contributed by atoms with Crippen molar-refractivity contribution in [1.82, 2.24) is 5.01 Å². The lowest BCUT2D eigenvalue weighted by atomic mass is 10.1. The van der Waals surface area contributed by atoms with Gasteiger partial charge in [0.15, 0.2) is 17.3 Å². The predicted molar refractivity (Wildman–Crippen MR) is 165 cm³/mol. The fourth-order valence-electron chi connectivity index (χ4n) is 3.91. The van der Waals surface area contributed by atoms with Crippen molar-refractivity contribution >= 4 is 62.4 Å². The number of methoxy groups -OCH3 is 2. The first-order valence-electron chi connectivity index (χ1n) is 12.2. The van der Waals surface area contributed by atoms with E-state index in [1.165, 1.54) is 16.8 Å². The Hall–Kier alpha value is -3.84. The Balaban J connectivity index is 1.30. The van der Waals surface area contributed by atoms with E-state index in [0.717, 1.165) is 20.4 Å². The summed E-state index contributed by atoms with van der Waals surface area (Å²) in [6.45, 7) is 2.65. The largest absolute Gasteiger partial charge is 0.497 e. The molecule has 3 aromatic carbocycles. The zero-order valence-corrected chi connectivity index (χ0v) is 24.9. The highest BCUT2D eigenvalue weighted by Crippen LogP contribution is 2.36. The maximum absolute atomic E-state index is 12.9. The Morgan fingerprint density at radius 2 is 1.68 bits per heavy atom. The molecule has 0 atom stereocenters. The van der Waals surface area contributed by atoms with Gasteiger partial charge in [-0.25, -0.2) is 0 Å². The minimum Gasteiger partial charge on any atom is -0.497 e. The number of hydrogen-bond donors (Lipinski definition) is 1. The van der Waals surface area contributed by atoms with Gasteiger partial charge in [0, 0.05) is 5.56 Å². The topological polar surface area (TPSA) is 106 Å². The number of carbonyl (C=O) groups is 1. The molecule has 3 aromatic rings. The minimum atomic E-state index is -0.492. The lowest BCUT2D eigenvalue weighted by Gasteiger charge is -2.20. The summed E-state index contributed by atoms with van der Waals surface area (Å²) in [4.78, 5) is 17.1. The van der Waals surface area contributed by atoms with Gasteiger partial charge >= 0.3 is 0 Å². The van der Waals surface area contributed by atoms with Crippen molar-refractivity contribution < 1.29 is 23.7 Å². The van der Waals surface area contributed by atoms with Crippen LogP contribution in [0.1, 0.15) is 16.7 Å². The number of nitrogens with one attached hydrogen (secondary N) is 1. The molecule has 5 rings (SSSR count). The van der Waals surface area contributed by atoms with Crippen LogP contribution in [0.2, 0.25) is 0 Å². The molecule has 0 bridgehead atoms. The number of amidine groups is 2. The molecule has 0 radical (unpaired) electrons. The van der Waals surface area contributed by atoms with E-state index in [1.807, 2.05) is 61.5 Å². The van der Waals surface area contributed by atoms with Crippen molar-refractivity contribution in [3.8, 4) is 23.0 Å². The summed E-state index contributed by atoms with van der Waals surface area (Å²) in [6, 6.07) is 18.9. The van der Waals surface area contributed by atoms with E-state index in [-0.39, 0.29) is 11.4 Å². The van der Waals surface area contributed by atoms with Gasteiger partial charge < -0.3 is 18.9 Å². The van der Waals surface area contributed by atoms with Gasteiger partial charge in [-0.1, -0.05) is 29.8 Å². The molecule has 11 heteroatoms. The summed E-state index contributed by atoms with van der Waals surface area (Å²) >= 11 is 3.43. The van der Waals surface area contributed by atoms with Crippen LogP contribution >= 0.6 is 34.4 Å². The van der Waals surface area contributed by atoms with Gasteiger partial charge in [0.25, 0.3) is 5.91 Å². The molecule has 2 aliphatic rings. The maximum Gasteiger partial charge on any atom is 0.283 e. The fourth-order valence-corrected chi connectivity index (χ4v) is 5.59. The van der Waals surface area contributed by atoms with Crippen LogP contribution in [0, 0.1) is 15.9 Å². The highest BCUT2D eigenvalue weighted by atomic mass is 127. The molecule has 0 spiro atoms. The summed E-state index contributed by atoms with van der Waals surface area (Å²) in [5, 5.41) is 15.7. The van der Waals surface area contributed by atoms with Crippen molar-refractivity contribution in [2.75, 3.05) is 27.4 Å². The third-order valence-electron chi connectivity index (χ3n) is 5.97. The second-order valence-electron chi connectivity index (χ2n) is 8.70. The third-order valence-corrected chi connectivity index (χ3v) is 7.73. The first-order valence-corrected chi connectivity index (χ1v) is 14.1. The van der Waals surface area contributed by atoms with Crippen LogP contribution in [0.15, 0.2) is 76.3 Å². The van der Waals surface area contributed by atoms with Gasteiger partial charge in [-0.05, 0) is 89.3 Å². The summed E-state index contributed by atoms with van der Waals surface area (Å²) in [6.07, 6.45) is 1.62. The van der Waals surface area contributed by atoms with E-state index in [1.54, 1.807) is 26.4 Å². The second-order valence-corrected chi connectivity index (χ2v) is 10.8. The number of rotatable bonds is 9. The van der Waals surface area contributed by atoms with Crippen LogP contribution in [-0.4, -0.2) is 54.4 Å². The molecular weight excluding hydrogens is 643 g/mol. The Bertz CT molecular complexity index is 1550. The van der Waals surface area contributed by atoms with E-state index in [2.05, 4.69) is 32.7 Å². The lowest BCUT2D eigenvalue weighted by molar-refractivity contribution is -0.114. The summed E-state index contributed by atoms with van der Waals surface area (Å²) in [5.41, 5.74) is 2.85. The highest BCUT2D eigenvalue weighted by Gasteiger charge is 2.36. The molecule has 0 saturated carbocycles. The maximum atomic E-state index is 12.9. The number of hydrogen-bond acceptors (Lipinski definition) is 8. The first-order chi connectivity index (χ1) is 19.4. The quantitative estimate of drug-likeness (QED) is 0.176. The Morgan fingerprint density at radius 1 is 0.975 bits per heavy atom. The SMILES string of the molecule is COc1ccc(OCCOc2c(I)cc(/C=C3/C(=N)N4N=C(c5ccc(C)cc5)SC4=NC3=O)cc2OC)cc1. The van der Waals surface area contributed by atoms with Crippen molar-refractivity contribution in [1.29, 1.82) is 5.41 Å². The molecule has 0 saturated heterocycles. The van der Waals surface area contributed by atoms with E-state index < -0.39 is 5.91 Å². The van der Waals surface area contributed by atoms with Crippen LogP contribution in [0.3, 0.4) is 0 Å². The molecule has 0 fully saturated rings. The number of fused-ring (bicyclic) bond motifs is 1. The van der Waals surface area contributed by atoms with Crippen molar-refractivity contribution in [2.45, 2.75) is 6.92 Å². The second kappa shape index (κ2) is 12.1. The van der Waals surface area contributed by atoms with Crippen molar-refractivity contribution in [2.24, 2.45) is 10.1 Å². The number of aryl methyl sites for hydroxylation is 1. The molecule has 40 heavy (non-hydrogen) atoms. The van der Waals surface area contributed by atoms with Crippen molar-refractivity contribution in [3.05, 3.63) is 86.5 Å². The molecule has 2 heterocycles. The van der Waals surface area contributed by atoms with Crippen LogP contribution in [0.4, 0.5) is 0 Å². The molecule has 204 valence electrons. The number of halogens is 1. The molecule has 1 N–H and O–H groups in total. The van der Waals surface area contributed by atoms with Gasteiger partial charge in [-0.2, -0.15) is 15.1 Å². The fraction of sp³-hybridized carbons (Fsp3) is 0.172. The average molecular weight is 669 g/mol. The lowest BCUT2D eigenvalue weighted by Crippen LogP contribution is -2.35. The first kappa shape index (κ1) is 27.7. The number of nitrogens with zero attached hydrogens (tertiary/aromatic N) is 3. The summed E-state index contributed by atoms with van der Waals surface area (Å²) < 4.78 is 23.2.